The van der Waals surface area contributed by atoms with Gasteiger partial charge in [0.05, 0.1) is 18.3 Å². The Morgan fingerprint density at radius 2 is 1.80 bits per heavy atom. The predicted molar refractivity (Wildman–Crippen MR) is 106 cm³/mol. The summed E-state index contributed by atoms with van der Waals surface area (Å²) >= 11 is 0. The number of anilines is 1. The molecule has 0 amide bonds. The van der Waals surface area contributed by atoms with Gasteiger partial charge in [-0.05, 0) is 54.1 Å². The summed E-state index contributed by atoms with van der Waals surface area (Å²) in [6.07, 6.45) is 1.43. The second kappa shape index (κ2) is 8.03. The van der Waals surface area contributed by atoms with E-state index in [9.17, 15) is 12.8 Å². The summed E-state index contributed by atoms with van der Waals surface area (Å²) in [5.74, 6) is 0.420. The summed E-state index contributed by atoms with van der Waals surface area (Å²) in [4.78, 5) is 4.04. The number of rotatable bonds is 7. The van der Waals surface area contributed by atoms with Gasteiger partial charge in [0.25, 0.3) is 5.89 Å². The van der Waals surface area contributed by atoms with E-state index in [-0.39, 0.29) is 34.0 Å². The highest BCUT2D eigenvalue weighted by atomic mass is 32.2. The van der Waals surface area contributed by atoms with Gasteiger partial charge in [-0.3, -0.25) is 0 Å². The maximum absolute atomic E-state index is 13.2. The van der Waals surface area contributed by atoms with Gasteiger partial charge in [0.15, 0.2) is 5.76 Å². The average molecular weight is 428 g/mol. The van der Waals surface area contributed by atoms with Gasteiger partial charge < -0.3 is 18.9 Å². The Morgan fingerprint density at radius 1 is 1.07 bits per heavy atom. The number of oxazole rings is 1. The molecule has 1 N–H and O–H groups in total. The van der Waals surface area contributed by atoms with Gasteiger partial charge >= 0.3 is 0 Å². The van der Waals surface area contributed by atoms with Crippen molar-refractivity contribution in [1.29, 1.82) is 0 Å². The zero-order valence-corrected chi connectivity index (χ0v) is 16.6. The Labute approximate surface area is 172 Å². The van der Waals surface area contributed by atoms with Crippen LogP contribution in [0.1, 0.15) is 5.56 Å². The summed E-state index contributed by atoms with van der Waals surface area (Å²) in [5.41, 5.74) is 0.872. The number of hydrogen-bond donors (Lipinski definition) is 1. The van der Waals surface area contributed by atoms with Gasteiger partial charge in [0, 0.05) is 6.54 Å². The quantitative estimate of drug-likeness (QED) is 0.432. The first-order chi connectivity index (χ1) is 14.5. The third kappa shape index (κ3) is 3.92. The normalized spacial score (nSPS) is 11.4. The average Bonchev–Trinajstić information content (AvgIpc) is 3.43. The number of hydrogen-bond acceptors (Lipinski definition) is 7. The highest BCUT2D eigenvalue weighted by Crippen LogP contribution is 2.33. The second-order valence-corrected chi connectivity index (χ2v) is 8.15. The number of halogens is 1. The van der Waals surface area contributed by atoms with Crippen molar-refractivity contribution in [3.05, 3.63) is 78.3 Å². The van der Waals surface area contributed by atoms with Gasteiger partial charge in [0.1, 0.15) is 11.6 Å². The Kier molecular flexibility index (Phi) is 5.28. The maximum Gasteiger partial charge on any atom is 0.266 e. The Balaban J connectivity index is 1.70. The first kappa shape index (κ1) is 19.7. The van der Waals surface area contributed by atoms with Crippen LogP contribution in [0, 0.1) is 5.82 Å². The molecule has 0 saturated heterocycles. The summed E-state index contributed by atoms with van der Waals surface area (Å²) in [6, 6.07) is 15.0. The van der Waals surface area contributed by atoms with Crippen LogP contribution in [0.2, 0.25) is 0 Å². The van der Waals surface area contributed by atoms with Crippen molar-refractivity contribution in [2.75, 3.05) is 12.4 Å². The molecule has 7 nitrogen and oxygen atoms in total. The van der Waals surface area contributed by atoms with Crippen LogP contribution < -0.4 is 10.1 Å². The first-order valence-corrected chi connectivity index (χ1v) is 10.4. The van der Waals surface area contributed by atoms with E-state index in [1.54, 1.807) is 31.4 Å². The largest absolute Gasteiger partial charge is 0.497 e. The van der Waals surface area contributed by atoms with Crippen molar-refractivity contribution in [3.8, 4) is 17.4 Å². The van der Waals surface area contributed by atoms with E-state index in [0.29, 0.717) is 5.75 Å². The zero-order valence-electron chi connectivity index (χ0n) is 15.8. The van der Waals surface area contributed by atoms with E-state index >= 15 is 0 Å². The molecule has 4 aromatic rings. The van der Waals surface area contributed by atoms with Crippen molar-refractivity contribution in [2.24, 2.45) is 0 Å². The van der Waals surface area contributed by atoms with Crippen molar-refractivity contribution < 1.29 is 26.4 Å². The van der Waals surface area contributed by atoms with Gasteiger partial charge in [0.2, 0.25) is 20.7 Å². The molecule has 0 atom stereocenters. The fraction of sp³-hybridized carbons (Fsp3) is 0.0952. The molecule has 2 aromatic carbocycles. The molecule has 2 heterocycles. The number of sulfone groups is 1. The van der Waals surface area contributed by atoms with Crippen molar-refractivity contribution in [3.63, 3.8) is 0 Å². The molecule has 154 valence electrons. The van der Waals surface area contributed by atoms with Gasteiger partial charge in [-0.1, -0.05) is 12.1 Å². The monoisotopic (exact) mass is 428 g/mol. The lowest BCUT2D eigenvalue weighted by Gasteiger charge is -2.07. The molecule has 0 spiro atoms. The molecule has 0 unspecified atom stereocenters. The number of nitrogens with one attached hydrogen (secondary N) is 1. The smallest absolute Gasteiger partial charge is 0.266 e. The maximum atomic E-state index is 13.2. The van der Waals surface area contributed by atoms with Crippen molar-refractivity contribution in [2.45, 2.75) is 16.5 Å². The first-order valence-electron chi connectivity index (χ1n) is 8.89. The molecule has 0 aliphatic heterocycles. The summed E-state index contributed by atoms with van der Waals surface area (Å²) in [5, 5.41) is 2.66. The van der Waals surface area contributed by atoms with Crippen LogP contribution in [0.5, 0.6) is 5.75 Å². The van der Waals surface area contributed by atoms with Crippen LogP contribution in [0.15, 0.2) is 85.7 Å². The molecule has 0 aliphatic rings. The molecule has 0 fully saturated rings. The van der Waals surface area contributed by atoms with Crippen molar-refractivity contribution in [1.82, 2.24) is 4.98 Å². The molecule has 9 heteroatoms. The number of furan rings is 1. The Hall–Kier alpha value is -3.59. The number of benzene rings is 2. The van der Waals surface area contributed by atoms with Crippen LogP contribution in [0.3, 0.4) is 0 Å². The predicted octanol–water partition coefficient (Wildman–Crippen LogP) is 4.53. The molecule has 0 bridgehead atoms. The van der Waals surface area contributed by atoms with Gasteiger partial charge in [-0.15, -0.1) is 0 Å². The summed E-state index contributed by atoms with van der Waals surface area (Å²) in [6.45, 7) is 0.280. The molecule has 0 saturated carbocycles. The van der Waals surface area contributed by atoms with Gasteiger partial charge in [-0.25, -0.2) is 12.8 Å². The molecular formula is C21H17FN2O5S. The van der Waals surface area contributed by atoms with Crippen LogP contribution in [-0.2, 0) is 16.4 Å². The van der Waals surface area contributed by atoms with Crippen LogP contribution >= 0.6 is 0 Å². The minimum Gasteiger partial charge on any atom is -0.497 e. The second-order valence-electron chi connectivity index (χ2n) is 6.29. The van der Waals surface area contributed by atoms with Crippen LogP contribution in [0.4, 0.5) is 10.3 Å². The minimum atomic E-state index is -4.07. The van der Waals surface area contributed by atoms with E-state index in [2.05, 4.69) is 10.3 Å². The zero-order chi connectivity index (χ0) is 21.1. The molecular weight excluding hydrogens is 411 g/mol. The Bertz CT molecular complexity index is 1230. The van der Waals surface area contributed by atoms with E-state index in [4.69, 9.17) is 13.6 Å². The highest BCUT2D eigenvalue weighted by Gasteiger charge is 2.29. The van der Waals surface area contributed by atoms with Gasteiger partial charge in [-0.2, -0.15) is 4.98 Å². The van der Waals surface area contributed by atoms with Crippen LogP contribution in [-0.4, -0.2) is 20.5 Å². The standard InChI is InChI=1S/C21H17FN2O5S/c1-27-16-8-4-14(5-9-16)13-23-20-21(24-19(29-20)18-3-2-12-28-18)30(25,26)17-10-6-15(22)7-11-17/h2-12,23H,13H2,1H3. The lowest BCUT2D eigenvalue weighted by atomic mass is 10.2. The molecule has 30 heavy (non-hydrogen) atoms. The third-order valence-electron chi connectivity index (χ3n) is 4.32. The van der Waals surface area contributed by atoms with E-state index in [1.165, 1.54) is 18.4 Å². The highest BCUT2D eigenvalue weighted by molar-refractivity contribution is 7.91. The fourth-order valence-corrected chi connectivity index (χ4v) is 4.04. The van der Waals surface area contributed by atoms with Crippen LogP contribution in [0.25, 0.3) is 11.7 Å². The van der Waals surface area contributed by atoms with E-state index < -0.39 is 15.7 Å². The third-order valence-corrected chi connectivity index (χ3v) is 6.00. The van der Waals surface area contributed by atoms with E-state index in [1.807, 2.05) is 12.1 Å². The molecule has 0 radical (unpaired) electrons. The number of ether oxygens (including phenoxy) is 1. The molecule has 0 aliphatic carbocycles. The Morgan fingerprint density at radius 3 is 2.43 bits per heavy atom. The molecule has 2 aromatic heterocycles. The SMILES string of the molecule is COc1ccc(CNc2oc(-c3ccco3)nc2S(=O)(=O)c2ccc(F)cc2)cc1. The van der Waals surface area contributed by atoms with E-state index in [0.717, 1.165) is 17.7 Å². The number of methoxy groups -OCH3 is 1. The van der Waals surface area contributed by atoms with Crippen molar-refractivity contribution >= 4 is 15.7 Å². The minimum absolute atomic E-state index is 0.0120. The topological polar surface area (TPSA) is 94.6 Å². The molecule has 4 rings (SSSR count). The number of aromatic nitrogens is 1. The fourth-order valence-electron chi connectivity index (χ4n) is 2.76. The lowest BCUT2D eigenvalue weighted by Crippen LogP contribution is -2.07. The summed E-state index contributed by atoms with van der Waals surface area (Å²) < 4.78 is 55.5. The number of nitrogens with zero attached hydrogens (tertiary/aromatic N) is 1. The lowest BCUT2D eigenvalue weighted by molar-refractivity contribution is 0.414. The summed E-state index contributed by atoms with van der Waals surface area (Å²) in [7, 11) is -2.49.